The van der Waals surface area contributed by atoms with Crippen LogP contribution in [0.5, 0.6) is 0 Å². The number of hydrogen-bond acceptors (Lipinski definition) is 4. The van der Waals surface area contributed by atoms with E-state index < -0.39 is 17.9 Å². The third-order valence-corrected chi connectivity index (χ3v) is 1.50. The highest BCUT2D eigenvalue weighted by atomic mass is 16.7. The first-order chi connectivity index (χ1) is 5.89. The first-order valence-electron chi connectivity index (χ1n) is 4.20. The van der Waals surface area contributed by atoms with E-state index in [1.54, 1.807) is 20.8 Å². The van der Waals surface area contributed by atoms with Crippen molar-refractivity contribution in [2.75, 3.05) is 0 Å². The maximum atomic E-state index is 11.0. The summed E-state index contributed by atoms with van der Waals surface area (Å²) in [5, 5.41) is 9.09. The first kappa shape index (κ1) is 10.1. The monoisotopic (exact) mass is 186 g/mol. The van der Waals surface area contributed by atoms with Crippen LogP contribution in [0, 0.1) is 0 Å². The molecule has 0 saturated carbocycles. The van der Waals surface area contributed by atoms with Gasteiger partial charge in [-0.05, 0) is 6.92 Å². The van der Waals surface area contributed by atoms with E-state index in [0.29, 0.717) is 12.2 Å². The van der Waals surface area contributed by atoms with Crippen molar-refractivity contribution in [3.8, 4) is 0 Å². The lowest BCUT2D eigenvalue weighted by Gasteiger charge is -2.30. The Morgan fingerprint density at radius 1 is 1.54 bits per heavy atom. The maximum Gasteiger partial charge on any atom is 0.337 e. The predicted octanol–water partition coefficient (Wildman–Crippen LogP) is 0.951. The molecule has 74 valence electrons. The number of cyclic esters (lactones) is 1. The molecule has 1 atom stereocenters. The van der Waals surface area contributed by atoms with Crippen molar-refractivity contribution in [3.05, 3.63) is 11.8 Å². The third-order valence-electron chi connectivity index (χ3n) is 1.50. The molecule has 0 aliphatic carbocycles. The van der Waals surface area contributed by atoms with E-state index in [0.717, 1.165) is 0 Å². The molecule has 4 heteroatoms. The topological polar surface area (TPSA) is 55.8 Å². The molecule has 1 aliphatic heterocycles. The molecule has 0 bridgehead atoms. The van der Waals surface area contributed by atoms with Crippen molar-refractivity contribution in [1.82, 2.24) is 0 Å². The summed E-state index contributed by atoms with van der Waals surface area (Å²) in [5.74, 6) is -0.876. The lowest BCUT2D eigenvalue weighted by atomic mass is 10.2. The zero-order valence-electron chi connectivity index (χ0n) is 8.03. The van der Waals surface area contributed by atoms with Crippen molar-refractivity contribution in [2.45, 2.75) is 39.1 Å². The standard InChI is InChI=1S/C9H14O4/c1-6(10)4-7-5-8(11)13-9(2,3)12-7/h5-6,10H,4H2,1-3H3. The van der Waals surface area contributed by atoms with Crippen LogP contribution in [0.2, 0.25) is 0 Å². The molecular weight excluding hydrogens is 172 g/mol. The van der Waals surface area contributed by atoms with Crippen molar-refractivity contribution in [2.24, 2.45) is 0 Å². The number of ether oxygens (including phenoxy) is 2. The summed E-state index contributed by atoms with van der Waals surface area (Å²) >= 11 is 0. The molecular formula is C9H14O4. The molecule has 0 fully saturated rings. The molecule has 13 heavy (non-hydrogen) atoms. The van der Waals surface area contributed by atoms with Crippen LogP contribution >= 0.6 is 0 Å². The zero-order chi connectivity index (χ0) is 10.1. The van der Waals surface area contributed by atoms with Crippen molar-refractivity contribution >= 4 is 5.97 Å². The van der Waals surface area contributed by atoms with Gasteiger partial charge in [-0.15, -0.1) is 0 Å². The Labute approximate surface area is 77.1 Å². The molecule has 0 aromatic heterocycles. The number of rotatable bonds is 2. The summed E-state index contributed by atoms with van der Waals surface area (Å²) in [6, 6.07) is 0. The van der Waals surface area contributed by atoms with Gasteiger partial charge in [-0.25, -0.2) is 4.79 Å². The summed E-state index contributed by atoms with van der Waals surface area (Å²) < 4.78 is 10.2. The number of hydrogen-bond donors (Lipinski definition) is 1. The minimum Gasteiger partial charge on any atom is -0.457 e. The Bertz CT molecular complexity index is 240. The van der Waals surface area contributed by atoms with Gasteiger partial charge in [-0.2, -0.15) is 0 Å². The number of esters is 1. The summed E-state index contributed by atoms with van der Waals surface area (Å²) in [7, 11) is 0. The molecule has 0 aromatic rings. The van der Waals surface area contributed by atoms with Crippen molar-refractivity contribution < 1.29 is 19.4 Å². The van der Waals surface area contributed by atoms with Gasteiger partial charge in [0, 0.05) is 20.3 Å². The second-order valence-corrected chi connectivity index (χ2v) is 3.59. The number of carbonyl (C=O) groups is 1. The van der Waals surface area contributed by atoms with Crippen molar-refractivity contribution in [1.29, 1.82) is 0 Å². The molecule has 1 aliphatic rings. The van der Waals surface area contributed by atoms with Crippen LogP contribution in [0.15, 0.2) is 11.8 Å². The molecule has 0 spiro atoms. The average molecular weight is 186 g/mol. The second-order valence-electron chi connectivity index (χ2n) is 3.59. The SMILES string of the molecule is CC(O)CC1=CC(=O)OC(C)(C)O1. The predicted molar refractivity (Wildman–Crippen MR) is 45.6 cm³/mol. The normalized spacial score (nSPS) is 22.8. The Balaban J connectivity index is 2.70. The van der Waals surface area contributed by atoms with E-state index in [4.69, 9.17) is 14.6 Å². The van der Waals surface area contributed by atoms with Crippen LogP contribution in [0.3, 0.4) is 0 Å². The summed E-state index contributed by atoms with van der Waals surface area (Å²) in [4.78, 5) is 11.0. The summed E-state index contributed by atoms with van der Waals surface area (Å²) in [6.07, 6.45) is 1.07. The molecule has 4 nitrogen and oxygen atoms in total. The van der Waals surface area contributed by atoms with E-state index >= 15 is 0 Å². The van der Waals surface area contributed by atoms with E-state index in [1.165, 1.54) is 6.08 Å². The van der Waals surface area contributed by atoms with Crippen LogP contribution in [-0.4, -0.2) is 23.0 Å². The fourth-order valence-corrected chi connectivity index (χ4v) is 1.16. The van der Waals surface area contributed by atoms with E-state index in [2.05, 4.69) is 0 Å². The van der Waals surface area contributed by atoms with Gasteiger partial charge in [0.1, 0.15) is 5.76 Å². The lowest BCUT2D eigenvalue weighted by Crippen LogP contribution is -2.34. The fraction of sp³-hybridized carbons (Fsp3) is 0.667. The minimum atomic E-state index is -0.921. The number of aliphatic hydroxyl groups is 1. The molecule has 0 aromatic carbocycles. The summed E-state index contributed by atoms with van der Waals surface area (Å²) in [6.45, 7) is 4.94. The lowest BCUT2D eigenvalue weighted by molar-refractivity contribution is -0.206. The van der Waals surface area contributed by atoms with Gasteiger partial charge in [0.15, 0.2) is 0 Å². The van der Waals surface area contributed by atoms with Crippen LogP contribution in [-0.2, 0) is 14.3 Å². The van der Waals surface area contributed by atoms with Gasteiger partial charge in [-0.3, -0.25) is 0 Å². The van der Waals surface area contributed by atoms with E-state index in [1.807, 2.05) is 0 Å². The van der Waals surface area contributed by atoms with Gasteiger partial charge in [0.2, 0.25) is 5.79 Å². The Hall–Kier alpha value is -1.03. The smallest absolute Gasteiger partial charge is 0.337 e. The fourth-order valence-electron chi connectivity index (χ4n) is 1.16. The average Bonchev–Trinajstić information content (AvgIpc) is 1.78. The van der Waals surface area contributed by atoms with Crippen LogP contribution < -0.4 is 0 Å². The quantitative estimate of drug-likeness (QED) is 0.652. The van der Waals surface area contributed by atoms with Gasteiger partial charge < -0.3 is 14.6 Å². The van der Waals surface area contributed by atoms with Crippen LogP contribution in [0.1, 0.15) is 27.2 Å². The van der Waals surface area contributed by atoms with Gasteiger partial charge >= 0.3 is 5.97 Å². The number of aliphatic hydroxyl groups excluding tert-OH is 1. The molecule has 0 amide bonds. The van der Waals surface area contributed by atoms with Crippen molar-refractivity contribution in [3.63, 3.8) is 0 Å². The number of carbonyl (C=O) groups excluding carboxylic acids is 1. The molecule has 1 unspecified atom stereocenters. The van der Waals surface area contributed by atoms with Gasteiger partial charge in [-0.1, -0.05) is 0 Å². The van der Waals surface area contributed by atoms with Crippen LogP contribution in [0.4, 0.5) is 0 Å². The molecule has 1 heterocycles. The Kier molecular flexibility index (Phi) is 2.61. The first-order valence-corrected chi connectivity index (χ1v) is 4.20. The molecule has 0 radical (unpaired) electrons. The second kappa shape index (κ2) is 3.38. The Morgan fingerprint density at radius 2 is 2.15 bits per heavy atom. The molecule has 1 rings (SSSR count). The van der Waals surface area contributed by atoms with E-state index in [9.17, 15) is 4.79 Å². The van der Waals surface area contributed by atoms with E-state index in [-0.39, 0.29) is 0 Å². The maximum absolute atomic E-state index is 11.0. The Morgan fingerprint density at radius 3 is 2.62 bits per heavy atom. The minimum absolute atomic E-state index is 0.332. The molecule has 1 N–H and O–H groups in total. The largest absolute Gasteiger partial charge is 0.457 e. The highest BCUT2D eigenvalue weighted by molar-refractivity contribution is 5.83. The van der Waals surface area contributed by atoms with Crippen LogP contribution in [0.25, 0.3) is 0 Å². The highest BCUT2D eigenvalue weighted by Gasteiger charge is 2.30. The third kappa shape index (κ3) is 3.06. The van der Waals surface area contributed by atoms with Gasteiger partial charge in [0.25, 0.3) is 0 Å². The molecule has 0 saturated heterocycles. The highest BCUT2D eigenvalue weighted by Crippen LogP contribution is 2.24. The van der Waals surface area contributed by atoms with Gasteiger partial charge in [0.05, 0.1) is 12.2 Å². The summed E-state index contributed by atoms with van der Waals surface area (Å²) in [5.41, 5.74) is 0. The zero-order valence-corrected chi connectivity index (χ0v) is 8.03.